The number of hydrogen-bond donors (Lipinski definition) is 0. The van der Waals surface area contributed by atoms with Crippen molar-refractivity contribution in [3.05, 3.63) is 46.0 Å². The Morgan fingerprint density at radius 3 is 2.45 bits per heavy atom. The summed E-state index contributed by atoms with van der Waals surface area (Å²) in [5.74, 6) is 0.493. The van der Waals surface area contributed by atoms with E-state index in [9.17, 15) is 19.7 Å². The summed E-state index contributed by atoms with van der Waals surface area (Å²) in [5.41, 5.74) is -0.951. The van der Waals surface area contributed by atoms with E-state index in [2.05, 4.69) is 24.3 Å². The number of piperidine rings is 1. The second-order valence-electron chi connectivity index (χ2n) is 10.2. The number of ether oxygens (including phenoxy) is 2. The van der Waals surface area contributed by atoms with Crippen molar-refractivity contribution >= 4 is 12.4 Å². The summed E-state index contributed by atoms with van der Waals surface area (Å²) >= 11 is 0. The second kappa shape index (κ2) is 10.6. The van der Waals surface area contributed by atoms with Crippen LogP contribution in [-0.4, -0.2) is 58.6 Å². The monoisotopic (exact) mass is 460 g/mol. The summed E-state index contributed by atoms with van der Waals surface area (Å²) in [4.78, 5) is 37.6. The molecule has 0 spiro atoms. The third-order valence-electron chi connectivity index (χ3n) is 6.87. The van der Waals surface area contributed by atoms with Crippen LogP contribution in [0.15, 0.2) is 30.3 Å². The zero-order valence-corrected chi connectivity index (χ0v) is 19.9. The lowest BCUT2D eigenvalue weighted by Crippen LogP contribution is -2.64. The van der Waals surface area contributed by atoms with E-state index >= 15 is 0 Å². The predicted octanol–water partition coefficient (Wildman–Crippen LogP) is 4.73. The maximum Gasteiger partial charge on any atom is 0.410 e. The van der Waals surface area contributed by atoms with Crippen molar-refractivity contribution in [2.75, 3.05) is 13.2 Å². The lowest BCUT2D eigenvalue weighted by Gasteiger charge is -2.44. The van der Waals surface area contributed by atoms with Crippen molar-refractivity contribution in [1.29, 1.82) is 0 Å². The molecule has 0 radical (unpaired) electrons. The van der Waals surface area contributed by atoms with Crippen molar-refractivity contribution in [2.24, 2.45) is 0 Å². The average molecular weight is 461 g/mol. The van der Waals surface area contributed by atoms with Gasteiger partial charge in [-0.2, -0.15) is 0 Å². The highest BCUT2D eigenvalue weighted by Crippen LogP contribution is 2.37. The van der Waals surface area contributed by atoms with E-state index in [1.807, 2.05) is 6.07 Å². The molecule has 1 saturated heterocycles. The SMILES string of the molecule is CC(C)(C)OC(=O)N1CCCC(CC=O)([N+](=O)[O-])C1COC1CCC(c2ccccc2)CC1. The molecule has 1 aliphatic carbocycles. The molecular formula is C25H36N2O6. The Morgan fingerprint density at radius 2 is 1.88 bits per heavy atom. The number of amides is 1. The fourth-order valence-corrected chi connectivity index (χ4v) is 5.14. The van der Waals surface area contributed by atoms with Gasteiger partial charge in [0.05, 0.1) is 19.1 Å². The van der Waals surface area contributed by atoms with E-state index in [0.29, 0.717) is 25.2 Å². The quantitative estimate of drug-likeness (QED) is 0.331. The van der Waals surface area contributed by atoms with Crippen molar-refractivity contribution in [1.82, 2.24) is 4.90 Å². The van der Waals surface area contributed by atoms with Gasteiger partial charge in [-0.1, -0.05) is 30.3 Å². The van der Waals surface area contributed by atoms with Gasteiger partial charge in [-0.25, -0.2) is 4.79 Å². The van der Waals surface area contributed by atoms with Gasteiger partial charge in [0, 0.05) is 17.9 Å². The van der Waals surface area contributed by atoms with E-state index in [-0.39, 0.29) is 25.6 Å². The van der Waals surface area contributed by atoms with Gasteiger partial charge in [-0.3, -0.25) is 15.0 Å². The smallest absolute Gasteiger partial charge is 0.410 e. The molecule has 182 valence electrons. The van der Waals surface area contributed by atoms with Crippen molar-refractivity contribution < 1.29 is 24.0 Å². The molecule has 2 atom stereocenters. The molecule has 8 nitrogen and oxygen atoms in total. The number of nitro groups is 1. The Morgan fingerprint density at radius 1 is 1.21 bits per heavy atom. The van der Waals surface area contributed by atoms with Crippen LogP contribution < -0.4 is 0 Å². The molecule has 1 heterocycles. The third-order valence-corrected chi connectivity index (χ3v) is 6.87. The van der Waals surface area contributed by atoms with Crippen LogP contribution in [-0.2, 0) is 14.3 Å². The number of nitrogens with zero attached hydrogens (tertiary/aromatic N) is 2. The Labute approximate surface area is 195 Å². The zero-order valence-electron chi connectivity index (χ0n) is 19.9. The van der Waals surface area contributed by atoms with Crippen LogP contribution in [0.5, 0.6) is 0 Å². The Kier molecular flexibility index (Phi) is 8.10. The molecule has 1 aromatic carbocycles. The van der Waals surface area contributed by atoms with Crippen molar-refractivity contribution in [2.45, 2.75) is 94.9 Å². The van der Waals surface area contributed by atoms with Gasteiger partial charge >= 0.3 is 6.09 Å². The van der Waals surface area contributed by atoms with Crippen LogP contribution in [0.3, 0.4) is 0 Å². The first kappa shape index (κ1) is 25.1. The predicted molar refractivity (Wildman–Crippen MR) is 124 cm³/mol. The Balaban J connectivity index is 1.71. The maximum absolute atomic E-state index is 12.9. The Hall–Kier alpha value is -2.48. The normalized spacial score (nSPS) is 28.2. The third kappa shape index (κ3) is 6.10. The summed E-state index contributed by atoms with van der Waals surface area (Å²) < 4.78 is 11.7. The molecule has 33 heavy (non-hydrogen) atoms. The van der Waals surface area contributed by atoms with Crippen LogP contribution in [0.1, 0.15) is 77.2 Å². The van der Waals surface area contributed by atoms with E-state index in [4.69, 9.17) is 9.47 Å². The largest absolute Gasteiger partial charge is 0.444 e. The first-order valence-corrected chi connectivity index (χ1v) is 11.9. The van der Waals surface area contributed by atoms with Gasteiger partial charge in [-0.05, 0) is 64.4 Å². The molecule has 3 rings (SSSR count). The molecule has 2 aliphatic rings. The standard InChI is InChI=1S/C25H36N2O6/c1-24(2,3)33-23(29)26-16-7-14-25(15-17-28,27(30)31)22(26)18-32-21-12-10-20(11-13-21)19-8-5-4-6-9-19/h4-6,8-9,17,20-22H,7,10-16,18H2,1-3H3. The number of hydrogen-bond acceptors (Lipinski definition) is 6. The molecule has 0 aromatic heterocycles. The number of carbonyl (C=O) groups excluding carboxylic acids is 2. The minimum absolute atomic E-state index is 0.0203. The van der Waals surface area contributed by atoms with Crippen LogP contribution in [0.2, 0.25) is 0 Å². The highest BCUT2D eigenvalue weighted by Gasteiger charge is 2.56. The van der Waals surface area contributed by atoms with Crippen molar-refractivity contribution in [3.8, 4) is 0 Å². The summed E-state index contributed by atoms with van der Waals surface area (Å²) in [7, 11) is 0. The van der Waals surface area contributed by atoms with Crippen LogP contribution in [0.4, 0.5) is 4.79 Å². The van der Waals surface area contributed by atoms with Gasteiger partial charge < -0.3 is 14.3 Å². The summed E-state index contributed by atoms with van der Waals surface area (Å²) in [5, 5.41) is 12.2. The van der Waals surface area contributed by atoms with E-state index < -0.39 is 28.2 Å². The number of rotatable bonds is 7. The van der Waals surface area contributed by atoms with E-state index in [1.165, 1.54) is 10.5 Å². The summed E-state index contributed by atoms with van der Waals surface area (Å²) in [6.45, 7) is 5.65. The van der Waals surface area contributed by atoms with Gasteiger partial charge in [0.1, 0.15) is 17.9 Å². The molecule has 1 amide bonds. The minimum atomic E-state index is -1.56. The number of benzene rings is 1. The second-order valence-corrected chi connectivity index (χ2v) is 10.2. The van der Waals surface area contributed by atoms with Gasteiger partial charge in [0.15, 0.2) is 0 Å². The van der Waals surface area contributed by atoms with Gasteiger partial charge in [-0.15, -0.1) is 0 Å². The molecule has 0 bridgehead atoms. The maximum atomic E-state index is 12.9. The first-order valence-electron chi connectivity index (χ1n) is 11.9. The fraction of sp³-hybridized carbons (Fsp3) is 0.680. The van der Waals surface area contributed by atoms with Crippen molar-refractivity contribution in [3.63, 3.8) is 0 Å². The van der Waals surface area contributed by atoms with Crippen LogP contribution >= 0.6 is 0 Å². The summed E-state index contributed by atoms with van der Waals surface area (Å²) in [6, 6.07) is 9.56. The minimum Gasteiger partial charge on any atom is -0.444 e. The molecule has 1 saturated carbocycles. The van der Waals surface area contributed by atoms with E-state index in [1.54, 1.807) is 20.8 Å². The lowest BCUT2D eigenvalue weighted by molar-refractivity contribution is -0.582. The zero-order chi connectivity index (χ0) is 24.1. The summed E-state index contributed by atoms with van der Waals surface area (Å²) in [6.07, 6.45) is 4.07. The van der Waals surface area contributed by atoms with Gasteiger partial charge in [0.2, 0.25) is 0 Å². The molecule has 1 aromatic rings. The lowest BCUT2D eigenvalue weighted by atomic mass is 9.79. The van der Waals surface area contributed by atoms with Crippen LogP contribution in [0, 0.1) is 10.1 Å². The van der Waals surface area contributed by atoms with E-state index in [0.717, 1.165) is 25.7 Å². The molecular weight excluding hydrogens is 424 g/mol. The number of carbonyl (C=O) groups is 2. The highest BCUT2D eigenvalue weighted by molar-refractivity contribution is 5.69. The first-order chi connectivity index (χ1) is 15.7. The molecule has 8 heteroatoms. The highest BCUT2D eigenvalue weighted by atomic mass is 16.6. The van der Waals surface area contributed by atoms with Gasteiger partial charge in [0.25, 0.3) is 5.54 Å². The number of likely N-dealkylation sites (tertiary alicyclic amines) is 1. The molecule has 1 aliphatic heterocycles. The topological polar surface area (TPSA) is 99.0 Å². The number of aldehydes is 1. The van der Waals surface area contributed by atoms with Crippen LogP contribution in [0.25, 0.3) is 0 Å². The fourth-order valence-electron chi connectivity index (χ4n) is 5.14. The molecule has 2 fully saturated rings. The average Bonchev–Trinajstić information content (AvgIpc) is 2.78. The molecule has 2 unspecified atom stereocenters. The Bertz CT molecular complexity index is 816. The molecule has 0 N–H and O–H groups in total.